The normalized spacial score (nSPS) is 16.7. The number of benzene rings is 1. The lowest BCUT2D eigenvalue weighted by Crippen LogP contribution is -2.41. The predicted molar refractivity (Wildman–Crippen MR) is 89.2 cm³/mol. The molecule has 1 aliphatic rings. The van der Waals surface area contributed by atoms with E-state index in [1.54, 1.807) is 35.2 Å². The molecule has 0 fully saturated rings. The number of ether oxygens (including phenoxy) is 4. The van der Waals surface area contributed by atoms with E-state index in [0.717, 1.165) is 22.2 Å². The van der Waals surface area contributed by atoms with Gasteiger partial charge in [0.25, 0.3) is 5.52 Å². The maximum Gasteiger partial charge on any atom is 0.375 e. The number of aryl methyl sites for hydroxylation is 1. The summed E-state index contributed by atoms with van der Waals surface area (Å²) in [5.74, 6) is 2.68. The van der Waals surface area contributed by atoms with Crippen LogP contribution in [-0.4, -0.2) is 38.1 Å². The minimum atomic E-state index is -0.953. The molecule has 2 heterocycles. The van der Waals surface area contributed by atoms with E-state index in [4.69, 9.17) is 18.9 Å². The van der Waals surface area contributed by atoms with Crippen molar-refractivity contribution < 1.29 is 28.6 Å². The number of fused-ring (bicyclic) bond motifs is 2. The molecule has 6 heteroatoms. The summed E-state index contributed by atoms with van der Waals surface area (Å²) in [6.07, 6.45) is 0.248. The number of aliphatic hydroxyl groups is 1. The molecule has 0 spiro atoms. The van der Waals surface area contributed by atoms with Gasteiger partial charge in [-0.1, -0.05) is 0 Å². The van der Waals surface area contributed by atoms with E-state index in [1.807, 2.05) is 23.7 Å². The summed E-state index contributed by atoms with van der Waals surface area (Å²) in [5, 5.41) is 11.3. The van der Waals surface area contributed by atoms with Crippen molar-refractivity contribution >= 4 is 10.9 Å². The van der Waals surface area contributed by atoms with Gasteiger partial charge in [0, 0.05) is 6.42 Å². The standard InChI is InChI=1S/C18H24NO5/c1-18(2,20)13-9-11-15(22-5)10-7-8-12(21-4)16(23-6)14(10)19(3)17(11)24-13/h7-8,13,20H,9H2,1-6H3/q+1/t13-/m0/s1. The Hall–Kier alpha value is -2.21. The van der Waals surface area contributed by atoms with E-state index in [1.165, 1.54) is 0 Å². The number of nitrogens with zero attached hydrogens (tertiary/aromatic N) is 1. The van der Waals surface area contributed by atoms with Crippen LogP contribution in [0.15, 0.2) is 12.1 Å². The molecule has 130 valence electrons. The van der Waals surface area contributed by atoms with Gasteiger partial charge in [0.05, 0.1) is 32.3 Å². The van der Waals surface area contributed by atoms with Crippen molar-refractivity contribution in [1.29, 1.82) is 0 Å². The average Bonchev–Trinajstić information content (AvgIpc) is 3.00. The molecule has 0 bridgehead atoms. The summed E-state index contributed by atoms with van der Waals surface area (Å²) < 4.78 is 24.7. The Morgan fingerprint density at radius 2 is 1.79 bits per heavy atom. The van der Waals surface area contributed by atoms with Crippen LogP contribution < -0.4 is 23.5 Å². The Balaban J connectivity index is 2.33. The van der Waals surface area contributed by atoms with E-state index in [-0.39, 0.29) is 6.10 Å². The zero-order chi connectivity index (χ0) is 17.6. The van der Waals surface area contributed by atoms with Gasteiger partial charge in [-0.3, -0.25) is 0 Å². The molecule has 0 amide bonds. The third-order valence-corrected chi connectivity index (χ3v) is 4.57. The van der Waals surface area contributed by atoms with Gasteiger partial charge >= 0.3 is 5.88 Å². The van der Waals surface area contributed by atoms with Gasteiger partial charge in [-0.05, 0) is 26.0 Å². The highest BCUT2D eigenvalue weighted by atomic mass is 16.5. The highest BCUT2D eigenvalue weighted by molar-refractivity contribution is 5.91. The molecular formula is C18H24NO5+. The molecule has 2 aromatic rings. The summed E-state index contributed by atoms with van der Waals surface area (Å²) >= 11 is 0. The van der Waals surface area contributed by atoms with Crippen molar-refractivity contribution in [3.05, 3.63) is 17.7 Å². The van der Waals surface area contributed by atoms with Crippen molar-refractivity contribution in [1.82, 2.24) is 0 Å². The van der Waals surface area contributed by atoms with Crippen molar-refractivity contribution in [3.63, 3.8) is 0 Å². The highest BCUT2D eigenvalue weighted by Gasteiger charge is 2.43. The Kier molecular flexibility index (Phi) is 3.95. The summed E-state index contributed by atoms with van der Waals surface area (Å²) in [5.41, 5.74) is 0.820. The van der Waals surface area contributed by atoms with Gasteiger partial charge in [0.2, 0.25) is 5.75 Å². The first-order chi connectivity index (χ1) is 11.3. The van der Waals surface area contributed by atoms with Crippen molar-refractivity contribution in [2.45, 2.75) is 32.0 Å². The van der Waals surface area contributed by atoms with E-state index in [9.17, 15) is 5.11 Å². The van der Waals surface area contributed by atoms with Crippen molar-refractivity contribution in [3.8, 4) is 23.1 Å². The molecule has 0 saturated carbocycles. The molecule has 1 atom stereocenters. The number of methoxy groups -OCH3 is 3. The quantitative estimate of drug-likeness (QED) is 0.864. The smallest absolute Gasteiger partial charge is 0.375 e. The lowest BCUT2D eigenvalue weighted by molar-refractivity contribution is -0.651. The number of rotatable bonds is 4. The molecule has 1 aliphatic heterocycles. The Morgan fingerprint density at radius 3 is 2.33 bits per heavy atom. The number of hydrogen-bond acceptors (Lipinski definition) is 5. The second-order valence-electron chi connectivity index (χ2n) is 6.54. The first-order valence-electron chi connectivity index (χ1n) is 7.86. The van der Waals surface area contributed by atoms with Gasteiger partial charge in [-0.25, -0.2) is 0 Å². The summed E-state index contributed by atoms with van der Waals surface area (Å²) in [6, 6.07) is 3.81. The van der Waals surface area contributed by atoms with Gasteiger partial charge in [0.1, 0.15) is 24.5 Å². The zero-order valence-corrected chi connectivity index (χ0v) is 15.0. The fraction of sp³-hybridized carbons (Fsp3) is 0.500. The van der Waals surface area contributed by atoms with Crippen LogP contribution >= 0.6 is 0 Å². The third-order valence-electron chi connectivity index (χ3n) is 4.57. The first-order valence-corrected chi connectivity index (χ1v) is 7.86. The van der Waals surface area contributed by atoms with Crippen LogP contribution in [0.4, 0.5) is 0 Å². The predicted octanol–water partition coefficient (Wildman–Crippen LogP) is 1.76. The molecule has 0 radical (unpaired) electrons. The molecule has 24 heavy (non-hydrogen) atoms. The number of aromatic nitrogens is 1. The SMILES string of the molecule is COc1ccc2c(OC)c3c([n+](C)c2c1OC)O[C@H](C(C)(C)O)C3. The molecular weight excluding hydrogens is 310 g/mol. The molecule has 6 nitrogen and oxygen atoms in total. The van der Waals surface area contributed by atoms with Crippen LogP contribution in [0.2, 0.25) is 0 Å². The summed E-state index contributed by atoms with van der Waals surface area (Å²) in [6.45, 7) is 3.50. The molecule has 1 aromatic carbocycles. The molecule has 1 N–H and O–H groups in total. The second-order valence-corrected chi connectivity index (χ2v) is 6.54. The minimum absolute atomic E-state index is 0.336. The Morgan fingerprint density at radius 1 is 1.12 bits per heavy atom. The van der Waals surface area contributed by atoms with E-state index < -0.39 is 5.60 Å². The number of hydrogen-bond donors (Lipinski definition) is 1. The Bertz CT molecular complexity index is 795. The first kappa shape index (κ1) is 16.6. The van der Waals surface area contributed by atoms with Gasteiger partial charge in [-0.15, -0.1) is 0 Å². The summed E-state index contributed by atoms with van der Waals surface area (Å²) in [4.78, 5) is 0. The maximum absolute atomic E-state index is 10.3. The maximum atomic E-state index is 10.3. The van der Waals surface area contributed by atoms with Crippen molar-refractivity contribution in [2.24, 2.45) is 7.05 Å². The van der Waals surface area contributed by atoms with Crippen LogP contribution in [-0.2, 0) is 13.5 Å². The third kappa shape index (κ3) is 2.33. The largest absolute Gasteiger partial charge is 0.495 e. The fourth-order valence-corrected chi connectivity index (χ4v) is 3.31. The van der Waals surface area contributed by atoms with Crippen LogP contribution in [0.1, 0.15) is 19.4 Å². The van der Waals surface area contributed by atoms with Crippen LogP contribution in [0.3, 0.4) is 0 Å². The van der Waals surface area contributed by atoms with Crippen LogP contribution in [0.5, 0.6) is 23.1 Å². The monoisotopic (exact) mass is 334 g/mol. The topological polar surface area (TPSA) is 61.0 Å². The molecule has 1 aromatic heterocycles. The Labute approximate surface area is 141 Å². The van der Waals surface area contributed by atoms with Crippen molar-refractivity contribution in [2.75, 3.05) is 21.3 Å². The average molecular weight is 334 g/mol. The fourth-order valence-electron chi connectivity index (χ4n) is 3.31. The zero-order valence-electron chi connectivity index (χ0n) is 15.0. The number of pyridine rings is 1. The molecule has 0 unspecified atom stereocenters. The molecule has 0 saturated heterocycles. The molecule has 0 aliphatic carbocycles. The van der Waals surface area contributed by atoms with Gasteiger partial charge in [0.15, 0.2) is 5.75 Å². The summed E-state index contributed by atoms with van der Waals surface area (Å²) in [7, 11) is 6.77. The lowest BCUT2D eigenvalue weighted by atomic mass is 9.96. The lowest BCUT2D eigenvalue weighted by Gasteiger charge is -2.23. The second kappa shape index (κ2) is 5.70. The van der Waals surface area contributed by atoms with E-state index >= 15 is 0 Å². The molecule has 3 rings (SSSR count). The van der Waals surface area contributed by atoms with E-state index in [2.05, 4.69) is 0 Å². The van der Waals surface area contributed by atoms with Crippen LogP contribution in [0, 0.1) is 0 Å². The van der Waals surface area contributed by atoms with E-state index in [0.29, 0.717) is 23.8 Å². The van der Waals surface area contributed by atoms with Gasteiger partial charge < -0.3 is 24.1 Å². The highest BCUT2D eigenvalue weighted by Crippen LogP contribution is 2.44. The van der Waals surface area contributed by atoms with Gasteiger partial charge in [-0.2, -0.15) is 4.57 Å². The van der Waals surface area contributed by atoms with Crippen LogP contribution in [0.25, 0.3) is 10.9 Å². The minimum Gasteiger partial charge on any atom is -0.495 e.